The molecular weight excluding hydrogens is 324 g/mol. The van der Waals surface area contributed by atoms with Gasteiger partial charge in [0.15, 0.2) is 0 Å². The summed E-state index contributed by atoms with van der Waals surface area (Å²) in [6, 6.07) is 1.76. The van der Waals surface area contributed by atoms with Crippen molar-refractivity contribution >= 4 is 33.1 Å². The standard InChI is InChI=1S/C14H26N2O2S3/c1-6-14(7-2,19-5)10-16-21(17,18)13-8-11(3)12(20-13)9-15-4/h8,15-16H,6-7,9-10H2,1-5H3. The predicted molar refractivity (Wildman–Crippen MR) is 93.8 cm³/mol. The average molecular weight is 351 g/mol. The van der Waals surface area contributed by atoms with Crippen molar-refractivity contribution in [3.63, 3.8) is 0 Å². The summed E-state index contributed by atoms with van der Waals surface area (Å²) in [4.78, 5) is 1.07. The lowest BCUT2D eigenvalue weighted by Gasteiger charge is -2.29. The summed E-state index contributed by atoms with van der Waals surface area (Å²) in [5.74, 6) is 0. The van der Waals surface area contributed by atoms with E-state index < -0.39 is 10.0 Å². The number of sulfonamides is 1. The molecule has 1 rings (SSSR count). The van der Waals surface area contributed by atoms with Gasteiger partial charge in [-0.1, -0.05) is 13.8 Å². The van der Waals surface area contributed by atoms with Gasteiger partial charge in [0.2, 0.25) is 10.0 Å². The highest BCUT2D eigenvalue weighted by atomic mass is 32.2. The first-order valence-electron chi connectivity index (χ1n) is 7.13. The molecule has 0 atom stereocenters. The van der Waals surface area contributed by atoms with Gasteiger partial charge in [-0.05, 0) is 44.7 Å². The van der Waals surface area contributed by atoms with E-state index in [4.69, 9.17) is 0 Å². The van der Waals surface area contributed by atoms with Gasteiger partial charge in [-0.15, -0.1) is 11.3 Å². The second kappa shape index (κ2) is 7.97. The van der Waals surface area contributed by atoms with Gasteiger partial charge in [0.25, 0.3) is 0 Å². The third-order valence-electron chi connectivity index (χ3n) is 3.91. The largest absolute Gasteiger partial charge is 0.315 e. The van der Waals surface area contributed by atoms with Crippen LogP contribution in [0.5, 0.6) is 0 Å². The third-order valence-corrected chi connectivity index (χ3v) is 8.61. The van der Waals surface area contributed by atoms with Crippen LogP contribution in [-0.4, -0.2) is 33.0 Å². The van der Waals surface area contributed by atoms with Crippen LogP contribution in [0.25, 0.3) is 0 Å². The lowest BCUT2D eigenvalue weighted by molar-refractivity contribution is 0.523. The van der Waals surface area contributed by atoms with Crippen LogP contribution in [0.4, 0.5) is 0 Å². The molecule has 122 valence electrons. The number of thiophene rings is 1. The topological polar surface area (TPSA) is 58.2 Å². The Balaban J connectivity index is 2.89. The van der Waals surface area contributed by atoms with Crippen molar-refractivity contribution in [3.8, 4) is 0 Å². The van der Waals surface area contributed by atoms with Crippen molar-refractivity contribution in [2.24, 2.45) is 0 Å². The van der Waals surface area contributed by atoms with Gasteiger partial charge < -0.3 is 5.32 Å². The molecule has 1 heterocycles. The molecule has 7 heteroatoms. The Morgan fingerprint density at radius 3 is 2.43 bits per heavy atom. The van der Waals surface area contributed by atoms with Crippen molar-refractivity contribution in [2.75, 3.05) is 19.8 Å². The second-order valence-corrected chi connectivity index (χ2v) is 9.53. The fourth-order valence-corrected chi connectivity index (χ4v) is 5.77. The van der Waals surface area contributed by atoms with E-state index in [9.17, 15) is 8.42 Å². The van der Waals surface area contributed by atoms with E-state index in [1.807, 2.05) is 20.2 Å². The molecule has 0 saturated carbocycles. The predicted octanol–water partition coefficient (Wildman–Crippen LogP) is 2.98. The highest BCUT2D eigenvalue weighted by Gasteiger charge is 2.28. The Morgan fingerprint density at radius 2 is 1.95 bits per heavy atom. The second-order valence-electron chi connectivity index (χ2n) is 5.12. The van der Waals surface area contributed by atoms with Crippen molar-refractivity contribution in [3.05, 3.63) is 16.5 Å². The maximum atomic E-state index is 12.5. The molecule has 0 spiro atoms. The Morgan fingerprint density at radius 1 is 1.33 bits per heavy atom. The molecule has 4 nitrogen and oxygen atoms in total. The number of rotatable bonds is 9. The van der Waals surface area contributed by atoms with Gasteiger partial charge in [-0.2, -0.15) is 11.8 Å². The summed E-state index contributed by atoms with van der Waals surface area (Å²) < 4.78 is 28.1. The van der Waals surface area contributed by atoms with Crippen molar-refractivity contribution in [1.82, 2.24) is 10.0 Å². The molecule has 1 aromatic heterocycles. The van der Waals surface area contributed by atoms with Crippen LogP contribution in [0.2, 0.25) is 0 Å². The van der Waals surface area contributed by atoms with Crippen LogP contribution in [0.15, 0.2) is 10.3 Å². The monoisotopic (exact) mass is 350 g/mol. The minimum Gasteiger partial charge on any atom is -0.315 e. The van der Waals surface area contributed by atoms with Crippen LogP contribution in [-0.2, 0) is 16.6 Å². The molecule has 0 bridgehead atoms. The normalized spacial score (nSPS) is 12.8. The molecular formula is C14H26N2O2S3. The molecule has 0 radical (unpaired) electrons. The first-order valence-corrected chi connectivity index (χ1v) is 10.6. The average Bonchev–Trinajstić information content (AvgIpc) is 2.84. The van der Waals surface area contributed by atoms with E-state index in [1.54, 1.807) is 17.8 Å². The van der Waals surface area contributed by atoms with Gasteiger partial charge in [-0.25, -0.2) is 13.1 Å². The number of hydrogen-bond acceptors (Lipinski definition) is 5. The van der Waals surface area contributed by atoms with Gasteiger partial charge in [0.05, 0.1) is 0 Å². The fraction of sp³-hybridized carbons (Fsp3) is 0.714. The van der Waals surface area contributed by atoms with Crippen LogP contribution in [0.1, 0.15) is 37.1 Å². The molecule has 0 unspecified atom stereocenters. The lowest BCUT2D eigenvalue weighted by atomic mass is 10.0. The highest BCUT2D eigenvalue weighted by molar-refractivity contribution is 8.00. The van der Waals surface area contributed by atoms with E-state index in [-0.39, 0.29) is 4.75 Å². The molecule has 0 amide bonds. The van der Waals surface area contributed by atoms with Crippen molar-refractivity contribution < 1.29 is 8.42 Å². The zero-order chi connectivity index (χ0) is 16.1. The molecule has 2 N–H and O–H groups in total. The van der Waals surface area contributed by atoms with E-state index in [0.717, 1.165) is 23.3 Å². The molecule has 0 aromatic carbocycles. The minimum atomic E-state index is -3.42. The van der Waals surface area contributed by atoms with E-state index >= 15 is 0 Å². The van der Waals surface area contributed by atoms with E-state index in [2.05, 4.69) is 23.9 Å². The molecule has 0 aliphatic heterocycles. The molecule has 0 aliphatic rings. The Bertz CT molecular complexity index is 540. The van der Waals surface area contributed by atoms with Crippen molar-refractivity contribution in [2.45, 2.75) is 49.1 Å². The number of thioether (sulfide) groups is 1. The van der Waals surface area contributed by atoms with Crippen LogP contribution in [0.3, 0.4) is 0 Å². The molecule has 21 heavy (non-hydrogen) atoms. The van der Waals surface area contributed by atoms with Gasteiger partial charge in [-0.3, -0.25) is 0 Å². The van der Waals surface area contributed by atoms with Gasteiger partial charge in [0, 0.05) is 22.7 Å². The highest BCUT2D eigenvalue weighted by Crippen LogP contribution is 2.31. The third kappa shape index (κ3) is 4.69. The Kier molecular flexibility index (Phi) is 7.19. The minimum absolute atomic E-state index is 0.0207. The smallest absolute Gasteiger partial charge is 0.250 e. The molecule has 0 aliphatic carbocycles. The number of hydrogen-bond donors (Lipinski definition) is 2. The van der Waals surface area contributed by atoms with Crippen LogP contribution >= 0.6 is 23.1 Å². The number of aryl methyl sites for hydroxylation is 1. The van der Waals surface area contributed by atoms with E-state index in [0.29, 0.717) is 17.3 Å². The molecule has 1 aromatic rings. The van der Waals surface area contributed by atoms with Crippen LogP contribution < -0.4 is 10.0 Å². The summed E-state index contributed by atoms with van der Waals surface area (Å²) in [6.45, 7) is 7.34. The molecule has 0 fully saturated rings. The maximum Gasteiger partial charge on any atom is 0.250 e. The summed E-state index contributed by atoms with van der Waals surface area (Å²) in [5.41, 5.74) is 1.02. The van der Waals surface area contributed by atoms with Crippen LogP contribution in [0, 0.1) is 6.92 Å². The van der Waals surface area contributed by atoms with E-state index in [1.165, 1.54) is 11.3 Å². The quantitative estimate of drug-likeness (QED) is 0.719. The summed E-state index contributed by atoms with van der Waals surface area (Å²) >= 11 is 3.08. The zero-order valence-corrected chi connectivity index (χ0v) is 15.9. The Hall–Kier alpha value is -0.0800. The summed E-state index contributed by atoms with van der Waals surface area (Å²) in [5, 5.41) is 3.07. The van der Waals surface area contributed by atoms with Gasteiger partial charge >= 0.3 is 0 Å². The summed E-state index contributed by atoms with van der Waals surface area (Å²) in [6.07, 6.45) is 3.94. The SMILES string of the molecule is CCC(CC)(CNS(=O)(=O)c1cc(C)c(CNC)s1)SC. The maximum absolute atomic E-state index is 12.5. The first kappa shape index (κ1) is 19.0. The summed E-state index contributed by atoms with van der Waals surface area (Å²) in [7, 11) is -1.55. The molecule has 0 saturated heterocycles. The fourth-order valence-electron chi connectivity index (χ4n) is 2.12. The van der Waals surface area contributed by atoms with Gasteiger partial charge in [0.1, 0.15) is 4.21 Å². The zero-order valence-electron chi connectivity index (χ0n) is 13.4. The number of nitrogens with one attached hydrogen (secondary N) is 2. The lowest BCUT2D eigenvalue weighted by Crippen LogP contribution is -2.39. The van der Waals surface area contributed by atoms with Crippen molar-refractivity contribution in [1.29, 1.82) is 0 Å². The first-order chi connectivity index (χ1) is 9.84. The Labute approximate surface area is 137 Å².